The zero-order valence-electron chi connectivity index (χ0n) is 24.8. The second kappa shape index (κ2) is 14.0. The molecule has 4 rings (SSSR count). The molecule has 0 bridgehead atoms. The highest BCUT2D eigenvalue weighted by molar-refractivity contribution is 5.92. The predicted molar refractivity (Wildman–Crippen MR) is 170 cm³/mol. The Bertz CT molecular complexity index is 1730. The molecule has 4 aromatic carbocycles. The molecule has 44 heavy (non-hydrogen) atoms. The van der Waals surface area contributed by atoms with E-state index in [0.717, 1.165) is 27.8 Å². The highest BCUT2D eigenvalue weighted by Gasteiger charge is 2.14. The van der Waals surface area contributed by atoms with Crippen molar-refractivity contribution in [3.63, 3.8) is 0 Å². The van der Waals surface area contributed by atoms with E-state index in [1.54, 1.807) is 80.6 Å². The van der Waals surface area contributed by atoms with Crippen molar-refractivity contribution in [1.29, 1.82) is 0 Å². The molecule has 7 heteroatoms. The number of esters is 3. The van der Waals surface area contributed by atoms with Gasteiger partial charge in [-0.15, -0.1) is 0 Å². The summed E-state index contributed by atoms with van der Waals surface area (Å²) < 4.78 is 22.2. The van der Waals surface area contributed by atoms with E-state index in [2.05, 4.69) is 19.7 Å². The number of benzene rings is 4. The number of carbonyl (C=O) groups excluding carboxylic acids is 3. The summed E-state index contributed by atoms with van der Waals surface area (Å²) in [6.07, 6.45) is 0. The first-order valence-electron chi connectivity index (χ1n) is 13.7. The van der Waals surface area contributed by atoms with Crippen molar-refractivity contribution >= 4 is 17.9 Å². The third kappa shape index (κ3) is 8.20. The fourth-order valence-electron chi connectivity index (χ4n) is 3.90. The van der Waals surface area contributed by atoms with Crippen LogP contribution >= 0.6 is 0 Å². The van der Waals surface area contributed by atoms with Gasteiger partial charge in [-0.2, -0.15) is 0 Å². The molecule has 0 saturated carbocycles. The van der Waals surface area contributed by atoms with E-state index < -0.39 is 17.9 Å². The second-order valence-electron chi connectivity index (χ2n) is 10.3. The molecule has 0 atom stereocenters. The van der Waals surface area contributed by atoms with E-state index in [-0.39, 0.29) is 6.61 Å². The lowest BCUT2D eigenvalue weighted by Gasteiger charge is -2.14. The van der Waals surface area contributed by atoms with Gasteiger partial charge in [-0.05, 0) is 91.6 Å². The third-order valence-electron chi connectivity index (χ3n) is 6.23. The average molecular weight is 589 g/mol. The first-order valence-corrected chi connectivity index (χ1v) is 13.7. The molecule has 0 spiro atoms. The van der Waals surface area contributed by atoms with Crippen LogP contribution in [0.2, 0.25) is 0 Å². The molecule has 0 fully saturated rings. The van der Waals surface area contributed by atoms with Gasteiger partial charge in [0.15, 0.2) is 0 Å². The van der Waals surface area contributed by atoms with Gasteiger partial charge in [0.2, 0.25) is 0 Å². The summed E-state index contributed by atoms with van der Waals surface area (Å²) >= 11 is 0. The Labute approximate surface area is 256 Å². The Morgan fingerprint density at radius 2 is 1.02 bits per heavy atom. The van der Waals surface area contributed by atoms with Gasteiger partial charge in [-0.25, -0.2) is 14.4 Å². The maximum Gasteiger partial charge on any atom is 0.343 e. The SMILES string of the molecule is C=C(C)COc1cc(OC(=O)c2ccc(-c3ccc(OC(=O)C(=C)C)cc3)cc2)ccc1-c1ccc(OC(=O)C(=C)C)cc1. The van der Waals surface area contributed by atoms with Gasteiger partial charge in [0, 0.05) is 22.8 Å². The van der Waals surface area contributed by atoms with Gasteiger partial charge in [-0.3, -0.25) is 0 Å². The standard InChI is InChI=1S/C37H32O7/c1-23(2)22-41-34-21-32(19-20-33(34)28-13-17-31(18-14-28)43-36(39)25(5)6)44-37(40)29-9-7-26(8-10-29)27-11-15-30(16-12-27)42-35(38)24(3)4/h7-21H,1,3,5,22H2,2,4,6H3. The zero-order chi connectivity index (χ0) is 31.8. The van der Waals surface area contributed by atoms with Crippen molar-refractivity contribution in [3.05, 3.63) is 133 Å². The molecule has 7 nitrogen and oxygen atoms in total. The molecule has 0 saturated heterocycles. The molecule has 0 N–H and O–H groups in total. The molecule has 0 aliphatic carbocycles. The van der Waals surface area contributed by atoms with Crippen molar-refractivity contribution in [2.24, 2.45) is 0 Å². The summed E-state index contributed by atoms with van der Waals surface area (Å²) in [5, 5.41) is 0. The lowest BCUT2D eigenvalue weighted by molar-refractivity contribution is -0.130. The van der Waals surface area contributed by atoms with Crippen molar-refractivity contribution in [3.8, 4) is 45.3 Å². The smallest absolute Gasteiger partial charge is 0.343 e. The van der Waals surface area contributed by atoms with E-state index in [9.17, 15) is 14.4 Å². The van der Waals surface area contributed by atoms with E-state index in [1.807, 2.05) is 31.2 Å². The lowest BCUT2D eigenvalue weighted by atomic mass is 10.0. The largest absolute Gasteiger partial charge is 0.488 e. The molecule has 0 aliphatic heterocycles. The second-order valence-corrected chi connectivity index (χ2v) is 10.3. The van der Waals surface area contributed by atoms with Crippen LogP contribution in [0.5, 0.6) is 23.0 Å². The quantitative estimate of drug-likeness (QED) is 0.0756. The molecular weight excluding hydrogens is 556 g/mol. The van der Waals surface area contributed by atoms with Crippen molar-refractivity contribution in [2.75, 3.05) is 6.61 Å². The molecular formula is C37H32O7. The maximum absolute atomic E-state index is 13.0. The number of carbonyl (C=O) groups is 3. The van der Waals surface area contributed by atoms with Crippen molar-refractivity contribution in [1.82, 2.24) is 0 Å². The van der Waals surface area contributed by atoms with Crippen LogP contribution < -0.4 is 18.9 Å². The summed E-state index contributed by atoms with van der Waals surface area (Å²) in [6.45, 7) is 16.4. The minimum Gasteiger partial charge on any atom is -0.488 e. The van der Waals surface area contributed by atoms with E-state index in [4.69, 9.17) is 18.9 Å². The minimum absolute atomic E-state index is 0.275. The maximum atomic E-state index is 13.0. The van der Waals surface area contributed by atoms with Crippen LogP contribution in [0.4, 0.5) is 0 Å². The Morgan fingerprint density at radius 3 is 1.50 bits per heavy atom. The Hall–Kier alpha value is -5.69. The van der Waals surface area contributed by atoms with Crippen molar-refractivity contribution in [2.45, 2.75) is 20.8 Å². The van der Waals surface area contributed by atoms with E-state index >= 15 is 0 Å². The van der Waals surface area contributed by atoms with Crippen LogP contribution in [-0.4, -0.2) is 24.5 Å². The third-order valence-corrected chi connectivity index (χ3v) is 6.23. The van der Waals surface area contributed by atoms with Gasteiger partial charge >= 0.3 is 17.9 Å². The highest BCUT2D eigenvalue weighted by Crippen LogP contribution is 2.35. The molecule has 0 unspecified atom stereocenters. The van der Waals surface area contributed by atoms with Crippen LogP contribution in [0.1, 0.15) is 31.1 Å². The summed E-state index contributed by atoms with van der Waals surface area (Å²) in [5.41, 5.74) is 5.15. The monoisotopic (exact) mass is 588 g/mol. The van der Waals surface area contributed by atoms with E-state index in [1.165, 1.54) is 0 Å². The average Bonchev–Trinajstić information content (AvgIpc) is 3.01. The molecule has 0 radical (unpaired) electrons. The summed E-state index contributed by atoms with van der Waals surface area (Å²) in [5.74, 6) is 0.110. The molecule has 0 aromatic heterocycles. The number of ether oxygens (including phenoxy) is 4. The van der Waals surface area contributed by atoms with Gasteiger partial charge in [0.25, 0.3) is 0 Å². The lowest BCUT2D eigenvalue weighted by Crippen LogP contribution is -2.09. The minimum atomic E-state index is -0.527. The van der Waals surface area contributed by atoms with Gasteiger partial charge in [0.05, 0.1) is 5.56 Å². The van der Waals surface area contributed by atoms with E-state index in [0.29, 0.717) is 39.7 Å². The Morgan fingerprint density at radius 1 is 0.568 bits per heavy atom. The number of hydrogen-bond donors (Lipinski definition) is 0. The Balaban J connectivity index is 1.48. The first kappa shape index (κ1) is 31.3. The molecule has 222 valence electrons. The van der Waals surface area contributed by atoms with Crippen LogP contribution in [-0.2, 0) is 9.59 Å². The summed E-state index contributed by atoms with van der Waals surface area (Å²) in [7, 11) is 0. The normalized spacial score (nSPS) is 10.3. The fourth-order valence-corrected chi connectivity index (χ4v) is 3.90. The van der Waals surface area contributed by atoms with Gasteiger partial charge < -0.3 is 18.9 Å². The highest BCUT2D eigenvalue weighted by atomic mass is 16.5. The van der Waals surface area contributed by atoms with Crippen LogP contribution in [0, 0.1) is 0 Å². The topological polar surface area (TPSA) is 88.1 Å². The van der Waals surface area contributed by atoms with Crippen LogP contribution in [0.3, 0.4) is 0 Å². The van der Waals surface area contributed by atoms with Gasteiger partial charge in [0.1, 0.15) is 29.6 Å². The first-order chi connectivity index (χ1) is 21.0. The predicted octanol–water partition coefficient (Wildman–Crippen LogP) is 8.16. The molecule has 0 heterocycles. The molecule has 0 amide bonds. The Kier molecular flexibility index (Phi) is 9.93. The van der Waals surface area contributed by atoms with Gasteiger partial charge in [-0.1, -0.05) is 56.1 Å². The molecule has 4 aromatic rings. The van der Waals surface area contributed by atoms with Crippen LogP contribution in [0.15, 0.2) is 127 Å². The van der Waals surface area contributed by atoms with Crippen LogP contribution in [0.25, 0.3) is 22.3 Å². The van der Waals surface area contributed by atoms with Crippen molar-refractivity contribution < 1.29 is 33.3 Å². The zero-order valence-corrected chi connectivity index (χ0v) is 24.8. The summed E-state index contributed by atoms with van der Waals surface area (Å²) in [4.78, 5) is 36.5. The number of rotatable bonds is 11. The number of hydrogen-bond acceptors (Lipinski definition) is 7. The summed E-state index contributed by atoms with van der Waals surface area (Å²) in [6, 6.07) is 26.1. The molecule has 0 aliphatic rings. The fraction of sp³-hybridized carbons (Fsp3) is 0.108.